The van der Waals surface area contributed by atoms with Gasteiger partial charge in [-0.15, -0.1) is 0 Å². The van der Waals surface area contributed by atoms with Gasteiger partial charge in [0.25, 0.3) is 0 Å². The van der Waals surface area contributed by atoms with Crippen LogP contribution < -0.4 is 4.90 Å². The van der Waals surface area contributed by atoms with E-state index in [-0.39, 0.29) is 31.1 Å². The molecule has 0 fully saturated rings. The fourth-order valence-corrected chi connectivity index (χ4v) is 2.23. The molecule has 2 heteroatoms. The third-order valence-corrected chi connectivity index (χ3v) is 3.48. The first-order chi connectivity index (χ1) is 11.4. The van der Waals surface area contributed by atoms with Crippen LogP contribution >= 0.6 is 0 Å². The number of benzene rings is 1. The third-order valence-electron chi connectivity index (χ3n) is 3.48. The molecule has 0 bridgehead atoms. The minimum atomic E-state index is 0. The summed E-state index contributed by atoms with van der Waals surface area (Å²) in [5.74, 6) is 0. The fraction of sp³-hybridized carbons (Fsp3) is 0.565. The van der Waals surface area contributed by atoms with Gasteiger partial charge in [0, 0.05) is 19.3 Å². The molecule has 0 atom stereocenters. The van der Waals surface area contributed by atoms with Gasteiger partial charge in [0.2, 0.25) is 0 Å². The predicted molar refractivity (Wildman–Crippen MR) is 114 cm³/mol. The summed E-state index contributed by atoms with van der Waals surface area (Å²) in [6, 6.07) is 6.80. The molecule has 0 aromatic heterocycles. The summed E-state index contributed by atoms with van der Waals surface area (Å²) in [7, 11) is 2.18. The van der Waals surface area contributed by atoms with E-state index >= 15 is 0 Å². The Morgan fingerprint density at radius 1 is 0.960 bits per heavy atom. The molecule has 0 saturated heterocycles. The Morgan fingerprint density at radius 2 is 1.40 bits per heavy atom. The summed E-state index contributed by atoms with van der Waals surface area (Å²) in [5.41, 5.74) is 4.62. The van der Waals surface area contributed by atoms with Crippen molar-refractivity contribution in [1.29, 1.82) is 0 Å². The van der Waals surface area contributed by atoms with Gasteiger partial charge in [0.1, 0.15) is 0 Å². The quantitative estimate of drug-likeness (QED) is 0.256. The number of allylic oxidation sites excluding steroid dienone is 2. The summed E-state index contributed by atoms with van der Waals surface area (Å²) < 4.78 is 0. The molecule has 0 unspecified atom stereocenters. The Balaban J connectivity index is -0.000000172. The van der Waals surface area contributed by atoms with Gasteiger partial charge in [-0.05, 0) is 30.4 Å². The van der Waals surface area contributed by atoms with Gasteiger partial charge in [-0.25, -0.2) is 0 Å². The molecular formula is C23H41NU. The van der Waals surface area contributed by atoms with Crippen LogP contribution in [0.4, 0.5) is 5.69 Å². The van der Waals surface area contributed by atoms with Crippen molar-refractivity contribution in [2.45, 2.75) is 74.1 Å². The first-order valence-electron chi connectivity index (χ1n) is 9.33. The first kappa shape index (κ1) is 32.2. The van der Waals surface area contributed by atoms with Crippen LogP contribution in [0, 0.1) is 51.2 Å². The van der Waals surface area contributed by atoms with Crippen molar-refractivity contribution in [2.24, 2.45) is 0 Å². The van der Waals surface area contributed by atoms with E-state index in [0.717, 1.165) is 0 Å². The molecule has 1 aromatic rings. The summed E-state index contributed by atoms with van der Waals surface area (Å²) in [6.07, 6.45) is 3.81. The van der Waals surface area contributed by atoms with Crippen molar-refractivity contribution in [3.05, 3.63) is 54.6 Å². The van der Waals surface area contributed by atoms with Crippen LogP contribution in [0.2, 0.25) is 0 Å². The van der Waals surface area contributed by atoms with Gasteiger partial charge >= 0.3 is 31.1 Å². The van der Waals surface area contributed by atoms with E-state index in [1.165, 1.54) is 41.9 Å². The SMILES string of the molecule is CC.CC.CC.Cc1ccc2c(c1)C(C)(C)CCN2C.[CH-]=CC=[CH-].[U+2]. The predicted octanol–water partition coefficient (Wildman–Crippen LogP) is 7.16. The molecule has 0 saturated carbocycles. The van der Waals surface area contributed by atoms with Crippen molar-refractivity contribution in [3.8, 4) is 0 Å². The molecule has 25 heavy (non-hydrogen) atoms. The van der Waals surface area contributed by atoms with Gasteiger partial charge < -0.3 is 30.2 Å². The Kier molecular flexibility index (Phi) is 25.6. The number of anilines is 1. The topological polar surface area (TPSA) is 3.24 Å². The standard InChI is InChI=1S/C13H19N.C4H4.3C2H6.U/c1-10-5-6-12-11(9-10)13(2,3)7-8-14(12)4;1-3-4-2;3*1-2;/h5-6,9H,7-8H2,1-4H3;1-4H;3*1-2H3;/q;-2;;;;+2. The number of nitrogens with zero attached hydrogens (tertiary/aromatic N) is 1. The maximum absolute atomic E-state index is 4.72. The van der Waals surface area contributed by atoms with Crippen LogP contribution in [0.15, 0.2) is 30.4 Å². The summed E-state index contributed by atoms with van der Waals surface area (Å²) in [5, 5.41) is 0. The van der Waals surface area contributed by atoms with E-state index < -0.39 is 0 Å². The molecule has 1 heterocycles. The normalized spacial score (nSPS) is 12.3. The Labute approximate surface area is 183 Å². The maximum atomic E-state index is 4.72. The summed E-state index contributed by atoms with van der Waals surface area (Å²) >= 11 is 0. The molecule has 0 aliphatic carbocycles. The zero-order valence-corrected chi connectivity index (χ0v) is 22.6. The monoisotopic (exact) mass is 569 g/mol. The Hall–Kier alpha value is -0.448. The molecule has 142 valence electrons. The average Bonchev–Trinajstić information content (AvgIpc) is 2.64. The van der Waals surface area contributed by atoms with Crippen molar-refractivity contribution >= 4 is 5.69 Å². The molecule has 1 aromatic carbocycles. The van der Waals surface area contributed by atoms with E-state index in [1.807, 2.05) is 41.5 Å². The number of fused-ring (bicyclic) bond motifs is 1. The number of hydrogen-bond acceptors (Lipinski definition) is 1. The minimum Gasteiger partial charge on any atom is -0.394 e. The van der Waals surface area contributed by atoms with Gasteiger partial charge in [0.05, 0.1) is 0 Å². The van der Waals surface area contributed by atoms with Crippen LogP contribution in [0.5, 0.6) is 0 Å². The molecule has 1 nitrogen and oxygen atoms in total. The molecular weight excluding hydrogens is 528 g/mol. The molecule has 0 spiro atoms. The second-order valence-corrected chi connectivity index (χ2v) is 5.46. The van der Waals surface area contributed by atoms with Crippen molar-refractivity contribution in [1.82, 2.24) is 0 Å². The van der Waals surface area contributed by atoms with Gasteiger partial charge in [-0.2, -0.15) is 0 Å². The van der Waals surface area contributed by atoms with E-state index in [0.29, 0.717) is 5.41 Å². The van der Waals surface area contributed by atoms with E-state index in [4.69, 9.17) is 13.2 Å². The number of hydrogen-bond donors (Lipinski definition) is 0. The smallest absolute Gasteiger partial charge is 0.394 e. The molecule has 1 aliphatic rings. The van der Waals surface area contributed by atoms with Crippen molar-refractivity contribution in [3.63, 3.8) is 0 Å². The van der Waals surface area contributed by atoms with Crippen LogP contribution in [0.3, 0.4) is 0 Å². The second kappa shape index (κ2) is 19.9. The molecule has 1 aliphatic heterocycles. The zero-order chi connectivity index (χ0) is 19.8. The third kappa shape index (κ3) is 12.5. The Morgan fingerprint density at radius 3 is 1.80 bits per heavy atom. The second-order valence-electron chi connectivity index (χ2n) is 5.46. The van der Waals surface area contributed by atoms with Crippen molar-refractivity contribution < 1.29 is 31.1 Å². The largest absolute Gasteiger partial charge is 2.00 e. The van der Waals surface area contributed by atoms with Crippen LogP contribution in [-0.2, 0) is 5.41 Å². The Bertz CT molecular complexity index is 430. The molecule has 2 rings (SSSR count). The number of rotatable bonds is 1. The fourth-order valence-electron chi connectivity index (χ4n) is 2.23. The summed E-state index contributed by atoms with van der Waals surface area (Å²) in [4.78, 5) is 2.36. The van der Waals surface area contributed by atoms with Crippen LogP contribution in [0.25, 0.3) is 0 Å². The van der Waals surface area contributed by atoms with Crippen LogP contribution in [-0.4, -0.2) is 13.6 Å². The molecule has 0 N–H and O–H groups in total. The van der Waals surface area contributed by atoms with Crippen molar-refractivity contribution in [2.75, 3.05) is 18.5 Å². The maximum Gasteiger partial charge on any atom is 2.00 e. The van der Waals surface area contributed by atoms with E-state index in [9.17, 15) is 0 Å². The van der Waals surface area contributed by atoms with E-state index in [1.54, 1.807) is 0 Å². The zero-order valence-electron chi connectivity index (χ0n) is 18.4. The van der Waals surface area contributed by atoms with Crippen LogP contribution in [0.1, 0.15) is 72.9 Å². The first-order valence-corrected chi connectivity index (χ1v) is 9.33. The molecule has 0 radical (unpaired) electrons. The number of aryl methyl sites for hydroxylation is 1. The van der Waals surface area contributed by atoms with Gasteiger partial charge in [-0.3, -0.25) is 0 Å². The average molecular weight is 570 g/mol. The van der Waals surface area contributed by atoms with E-state index in [2.05, 4.69) is 50.9 Å². The summed E-state index contributed by atoms with van der Waals surface area (Å²) in [6.45, 7) is 29.5. The van der Waals surface area contributed by atoms with Gasteiger partial charge in [0.15, 0.2) is 0 Å². The molecule has 0 amide bonds. The van der Waals surface area contributed by atoms with Gasteiger partial charge in [-0.1, -0.05) is 73.1 Å². The minimum absolute atomic E-state index is 0.